The van der Waals surface area contributed by atoms with E-state index < -0.39 is 6.04 Å². The predicted octanol–water partition coefficient (Wildman–Crippen LogP) is 2.78. The van der Waals surface area contributed by atoms with E-state index in [9.17, 15) is 4.79 Å². The molecule has 0 radical (unpaired) electrons. The van der Waals surface area contributed by atoms with Crippen LogP contribution in [0.15, 0.2) is 18.2 Å². The first-order chi connectivity index (χ1) is 8.13. The first-order valence-electron chi connectivity index (χ1n) is 5.99. The van der Waals surface area contributed by atoms with Crippen molar-refractivity contribution < 1.29 is 4.79 Å². The van der Waals surface area contributed by atoms with Crippen LogP contribution in [0.4, 0.5) is 5.69 Å². The molecule has 0 aliphatic carbocycles. The zero-order valence-corrected chi connectivity index (χ0v) is 11.9. The zero-order valence-electron chi connectivity index (χ0n) is 10.4. The van der Waals surface area contributed by atoms with Gasteiger partial charge in [0.05, 0.1) is 6.04 Å². The number of nitrogens with two attached hydrogens (primary N) is 1. The number of halogens is 2. The number of nitrogens with zero attached hydrogens (tertiary/aromatic N) is 1. The van der Waals surface area contributed by atoms with Gasteiger partial charge >= 0.3 is 0 Å². The Morgan fingerprint density at radius 3 is 2.94 bits per heavy atom. The van der Waals surface area contributed by atoms with Gasteiger partial charge in [-0.05, 0) is 30.5 Å². The van der Waals surface area contributed by atoms with Crippen molar-refractivity contribution in [2.75, 3.05) is 11.4 Å². The number of hydrogen-bond acceptors (Lipinski definition) is 2. The lowest BCUT2D eigenvalue weighted by Crippen LogP contribution is -2.43. The van der Waals surface area contributed by atoms with Crippen molar-refractivity contribution in [1.29, 1.82) is 0 Å². The van der Waals surface area contributed by atoms with Crippen LogP contribution in [0, 0.1) is 0 Å². The molecule has 1 aromatic carbocycles. The van der Waals surface area contributed by atoms with Crippen LogP contribution in [0.3, 0.4) is 0 Å². The molecular formula is C13H18Cl2N2O. The molecule has 1 aliphatic rings. The van der Waals surface area contributed by atoms with E-state index in [1.165, 1.54) is 5.56 Å². The molecule has 0 saturated heterocycles. The second kappa shape index (κ2) is 6.41. The molecule has 18 heavy (non-hydrogen) atoms. The highest BCUT2D eigenvalue weighted by atomic mass is 35.5. The van der Waals surface area contributed by atoms with E-state index in [1.807, 2.05) is 25.1 Å². The second-order valence-electron chi connectivity index (χ2n) is 4.41. The van der Waals surface area contributed by atoms with Gasteiger partial charge in [-0.25, -0.2) is 0 Å². The second-order valence-corrected chi connectivity index (χ2v) is 4.84. The summed E-state index contributed by atoms with van der Waals surface area (Å²) in [7, 11) is 0. The summed E-state index contributed by atoms with van der Waals surface area (Å²) in [4.78, 5) is 13.9. The summed E-state index contributed by atoms with van der Waals surface area (Å²) in [6.07, 6.45) is 2.53. The summed E-state index contributed by atoms with van der Waals surface area (Å²) in [6.45, 7) is 2.74. The van der Waals surface area contributed by atoms with Crippen LogP contribution in [-0.4, -0.2) is 18.5 Å². The fourth-order valence-electron chi connectivity index (χ4n) is 2.22. The minimum atomic E-state index is -0.398. The Kier molecular flexibility index (Phi) is 5.45. The van der Waals surface area contributed by atoms with Crippen LogP contribution >= 0.6 is 24.0 Å². The summed E-state index contributed by atoms with van der Waals surface area (Å²) in [5.41, 5.74) is 7.98. The van der Waals surface area contributed by atoms with Gasteiger partial charge in [-0.15, -0.1) is 12.4 Å². The Labute approximate surface area is 119 Å². The minimum absolute atomic E-state index is 0. The summed E-state index contributed by atoms with van der Waals surface area (Å²) in [5, 5.41) is 0.660. The van der Waals surface area contributed by atoms with Crippen molar-refractivity contribution >= 4 is 35.6 Å². The summed E-state index contributed by atoms with van der Waals surface area (Å²) in [6, 6.07) is 5.29. The van der Waals surface area contributed by atoms with E-state index in [0.717, 1.165) is 24.9 Å². The van der Waals surface area contributed by atoms with Gasteiger partial charge in [0.2, 0.25) is 5.91 Å². The fourth-order valence-corrected chi connectivity index (χ4v) is 2.38. The fraction of sp³-hybridized carbons (Fsp3) is 0.462. The quantitative estimate of drug-likeness (QED) is 0.930. The smallest absolute Gasteiger partial charge is 0.243 e. The van der Waals surface area contributed by atoms with E-state index in [4.69, 9.17) is 17.3 Å². The Bertz CT molecular complexity index is 437. The third kappa shape index (κ3) is 2.97. The molecule has 2 N–H and O–H groups in total. The maximum absolute atomic E-state index is 12.2. The number of amides is 1. The maximum Gasteiger partial charge on any atom is 0.243 e. The highest BCUT2D eigenvalue weighted by Gasteiger charge is 2.27. The molecule has 0 aromatic heterocycles. The highest BCUT2D eigenvalue weighted by molar-refractivity contribution is 6.31. The molecule has 1 amide bonds. The SMILES string of the molecule is CCCC(N)C(=O)N1CCc2ccc(Cl)cc21.Cl. The molecule has 1 aliphatic heterocycles. The van der Waals surface area contributed by atoms with E-state index in [0.29, 0.717) is 11.6 Å². The van der Waals surface area contributed by atoms with Crippen LogP contribution in [0.5, 0.6) is 0 Å². The molecular weight excluding hydrogens is 271 g/mol. The Morgan fingerprint density at radius 2 is 2.28 bits per heavy atom. The number of carbonyl (C=O) groups is 1. The molecule has 1 heterocycles. The number of benzene rings is 1. The molecule has 3 nitrogen and oxygen atoms in total. The molecule has 0 bridgehead atoms. The molecule has 2 rings (SSSR count). The van der Waals surface area contributed by atoms with Gasteiger partial charge in [0.1, 0.15) is 0 Å². The molecule has 1 aromatic rings. The van der Waals surface area contributed by atoms with Gasteiger partial charge in [0.15, 0.2) is 0 Å². The van der Waals surface area contributed by atoms with Crippen molar-refractivity contribution in [3.8, 4) is 0 Å². The minimum Gasteiger partial charge on any atom is -0.320 e. The van der Waals surface area contributed by atoms with E-state index in [-0.39, 0.29) is 18.3 Å². The molecule has 1 unspecified atom stereocenters. The van der Waals surface area contributed by atoms with Gasteiger partial charge in [-0.1, -0.05) is 31.0 Å². The normalized spacial score (nSPS) is 14.9. The van der Waals surface area contributed by atoms with Crippen molar-refractivity contribution in [2.45, 2.75) is 32.2 Å². The Morgan fingerprint density at radius 1 is 1.56 bits per heavy atom. The van der Waals surface area contributed by atoms with Crippen molar-refractivity contribution in [2.24, 2.45) is 5.73 Å². The standard InChI is InChI=1S/C13H17ClN2O.ClH/c1-2-3-11(15)13(17)16-7-6-9-4-5-10(14)8-12(9)16;/h4-5,8,11H,2-3,6-7,15H2,1H3;1H. The highest BCUT2D eigenvalue weighted by Crippen LogP contribution is 2.31. The largest absolute Gasteiger partial charge is 0.320 e. The van der Waals surface area contributed by atoms with Crippen LogP contribution in [0.2, 0.25) is 5.02 Å². The lowest BCUT2D eigenvalue weighted by molar-refractivity contribution is -0.119. The van der Waals surface area contributed by atoms with Crippen LogP contribution in [0.1, 0.15) is 25.3 Å². The number of carbonyl (C=O) groups excluding carboxylic acids is 1. The molecule has 1 atom stereocenters. The molecule has 5 heteroatoms. The predicted molar refractivity (Wildman–Crippen MR) is 77.6 cm³/mol. The van der Waals surface area contributed by atoms with E-state index in [1.54, 1.807) is 4.90 Å². The molecule has 0 spiro atoms. The van der Waals surface area contributed by atoms with Gasteiger partial charge in [0.25, 0.3) is 0 Å². The van der Waals surface area contributed by atoms with Crippen LogP contribution in [0.25, 0.3) is 0 Å². The summed E-state index contributed by atoms with van der Waals surface area (Å²) >= 11 is 5.96. The van der Waals surface area contributed by atoms with Crippen molar-refractivity contribution in [1.82, 2.24) is 0 Å². The Hall–Kier alpha value is -0.770. The average Bonchev–Trinajstić information content (AvgIpc) is 2.71. The lowest BCUT2D eigenvalue weighted by Gasteiger charge is -2.21. The van der Waals surface area contributed by atoms with Crippen molar-refractivity contribution in [3.05, 3.63) is 28.8 Å². The van der Waals surface area contributed by atoms with Crippen LogP contribution in [-0.2, 0) is 11.2 Å². The van der Waals surface area contributed by atoms with Gasteiger partial charge in [-0.2, -0.15) is 0 Å². The Balaban J connectivity index is 0.00000162. The van der Waals surface area contributed by atoms with Gasteiger partial charge in [0, 0.05) is 17.3 Å². The lowest BCUT2D eigenvalue weighted by atomic mass is 10.1. The number of fused-ring (bicyclic) bond motifs is 1. The number of rotatable bonds is 3. The monoisotopic (exact) mass is 288 g/mol. The zero-order chi connectivity index (χ0) is 12.4. The average molecular weight is 289 g/mol. The maximum atomic E-state index is 12.2. The number of anilines is 1. The summed E-state index contributed by atoms with van der Waals surface area (Å²) < 4.78 is 0. The molecule has 0 saturated carbocycles. The van der Waals surface area contributed by atoms with Gasteiger partial charge in [-0.3, -0.25) is 4.79 Å². The first-order valence-corrected chi connectivity index (χ1v) is 6.36. The van der Waals surface area contributed by atoms with Crippen LogP contribution < -0.4 is 10.6 Å². The summed E-state index contributed by atoms with van der Waals surface area (Å²) in [5.74, 6) is 0.00728. The molecule has 100 valence electrons. The van der Waals surface area contributed by atoms with E-state index >= 15 is 0 Å². The van der Waals surface area contributed by atoms with E-state index in [2.05, 4.69) is 0 Å². The number of hydrogen-bond donors (Lipinski definition) is 1. The van der Waals surface area contributed by atoms with Crippen molar-refractivity contribution in [3.63, 3.8) is 0 Å². The first kappa shape index (κ1) is 15.3. The third-order valence-electron chi connectivity index (χ3n) is 3.13. The third-order valence-corrected chi connectivity index (χ3v) is 3.36. The molecule has 0 fully saturated rings. The van der Waals surface area contributed by atoms with Gasteiger partial charge < -0.3 is 10.6 Å². The topological polar surface area (TPSA) is 46.3 Å².